The van der Waals surface area contributed by atoms with Gasteiger partial charge >= 0.3 is 0 Å². The van der Waals surface area contributed by atoms with Crippen molar-refractivity contribution in [2.45, 2.75) is 6.92 Å². The van der Waals surface area contributed by atoms with Crippen LogP contribution in [0.2, 0.25) is 0 Å². The van der Waals surface area contributed by atoms with Crippen LogP contribution in [-0.2, 0) is 0 Å². The van der Waals surface area contributed by atoms with Crippen molar-refractivity contribution in [1.82, 2.24) is 0 Å². The molecule has 1 atom stereocenters. The van der Waals surface area contributed by atoms with Gasteiger partial charge in [0.15, 0.2) is 0 Å². The number of methoxy groups -OCH3 is 1. The average Bonchev–Trinajstić information content (AvgIpc) is 2.35. The van der Waals surface area contributed by atoms with Gasteiger partial charge in [0.1, 0.15) is 5.75 Å². The SMILES string of the molecule is C#C[SiH](C#Cc1ccc(OC)cc1)C=CC. The number of allylic oxidation sites excluding steroid dienone is 1. The van der Waals surface area contributed by atoms with E-state index in [1.54, 1.807) is 7.11 Å². The minimum absolute atomic E-state index is 0.838. The Labute approximate surface area is 98.8 Å². The lowest BCUT2D eigenvalue weighted by Gasteiger charge is -1.97. The zero-order valence-electron chi connectivity index (χ0n) is 9.53. The van der Waals surface area contributed by atoms with Crippen molar-refractivity contribution in [1.29, 1.82) is 0 Å². The molecule has 0 heterocycles. The zero-order valence-corrected chi connectivity index (χ0v) is 10.7. The fourth-order valence-corrected chi connectivity index (χ4v) is 2.17. The molecule has 0 amide bonds. The molecule has 1 rings (SSSR count). The second kappa shape index (κ2) is 6.56. The summed E-state index contributed by atoms with van der Waals surface area (Å²) in [5.41, 5.74) is 8.91. The van der Waals surface area contributed by atoms with E-state index in [1.165, 1.54) is 0 Å². The summed E-state index contributed by atoms with van der Waals surface area (Å²) in [7, 11) is 0.199. The number of hydrogen-bond donors (Lipinski definition) is 0. The van der Waals surface area contributed by atoms with E-state index in [1.807, 2.05) is 43.0 Å². The molecular weight excluding hydrogens is 212 g/mol. The summed E-state index contributed by atoms with van der Waals surface area (Å²) in [6.07, 6.45) is 7.38. The summed E-state index contributed by atoms with van der Waals surface area (Å²) < 4.78 is 5.07. The third-order valence-corrected chi connectivity index (χ3v) is 3.61. The van der Waals surface area contributed by atoms with Crippen LogP contribution >= 0.6 is 0 Å². The number of rotatable bonds is 2. The highest BCUT2D eigenvalue weighted by Gasteiger charge is 1.95. The predicted octanol–water partition coefficient (Wildman–Crippen LogP) is 2.10. The van der Waals surface area contributed by atoms with Crippen LogP contribution in [0.5, 0.6) is 5.75 Å². The first kappa shape index (κ1) is 12.2. The van der Waals surface area contributed by atoms with Gasteiger partial charge in [-0.05, 0) is 31.2 Å². The van der Waals surface area contributed by atoms with E-state index in [0.717, 1.165) is 11.3 Å². The van der Waals surface area contributed by atoms with Crippen molar-refractivity contribution in [3.63, 3.8) is 0 Å². The quantitative estimate of drug-likeness (QED) is 0.554. The first-order chi connectivity index (χ1) is 7.80. The minimum atomic E-state index is -1.45. The Hall–Kier alpha value is -1.90. The van der Waals surface area contributed by atoms with Crippen LogP contribution in [0.1, 0.15) is 12.5 Å². The van der Waals surface area contributed by atoms with Crippen LogP contribution in [0.4, 0.5) is 0 Å². The fraction of sp³-hybridized carbons (Fsp3) is 0.143. The summed E-state index contributed by atoms with van der Waals surface area (Å²) in [6.45, 7) is 1.96. The Bertz CT molecular complexity index is 454. The van der Waals surface area contributed by atoms with Gasteiger partial charge < -0.3 is 4.74 Å². The van der Waals surface area contributed by atoms with Crippen LogP contribution in [0.15, 0.2) is 36.0 Å². The Kier molecular flexibility index (Phi) is 4.99. The summed E-state index contributed by atoms with van der Waals surface area (Å²) in [4.78, 5) is 0. The molecule has 0 N–H and O–H groups in total. The molecule has 0 aromatic heterocycles. The Morgan fingerprint density at radius 1 is 1.31 bits per heavy atom. The summed E-state index contributed by atoms with van der Waals surface area (Å²) in [5.74, 6) is 3.93. The second-order valence-corrected chi connectivity index (χ2v) is 5.13. The lowest BCUT2D eigenvalue weighted by Crippen LogP contribution is -2.02. The summed E-state index contributed by atoms with van der Waals surface area (Å²) in [5, 5.41) is 0. The Balaban J connectivity index is 2.80. The number of hydrogen-bond acceptors (Lipinski definition) is 1. The molecule has 2 heteroatoms. The molecule has 16 heavy (non-hydrogen) atoms. The molecule has 0 aliphatic rings. The molecule has 0 fully saturated rings. The molecule has 0 saturated carbocycles. The molecule has 0 aliphatic carbocycles. The van der Waals surface area contributed by atoms with E-state index in [2.05, 4.69) is 17.0 Å². The molecule has 0 spiro atoms. The van der Waals surface area contributed by atoms with Crippen molar-refractivity contribution in [2.24, 2.45) is 0 Å². The van der Waals surface area contributed by atoms with Crippen LogP contribution in [-0.4, -0.2) is 15.9 Å². The molecule has 1 aromatic rings. The third kappa shape index (κ3) is 3.69. The first-order valence-electron chi connectivity index (χ1n) is 5.04. The van der Waals surface area contributed by atoms with Gasteiger partial charge in [0.2, 0.25) is 8.80 Å². The smallest absolute Gasteiger partial charge is 0.224 e. The molecule has 0 saturated heterocycles. The molecule has 1 nitrogen and oxygen atoms in total. The van der Waals surface area contributed by atoms with Gasteiger partial charge in [0.25, 0.3) is 0 Å². The van der Waals surface area contributed by atoms with Crippen LogP contribution in [0, 0.1) is 23.4 Å². The average molecular weight is 226 g/mol. The lowest BCUT2D eigenvalue weighted by molar-refractivity contribution is 0.415. The molecule has 0 radical (unpaired) electrons. The number of benzene rings is 1. The van der Waals surface area contributed by atoms with Gasteiger partial charge in [-0.1, -0.05) is 17.7 Å². The van der Waals surface area contributed by atoms with E-state index in [-0.39, 0.29) is 0 Å². The third-order valence-electron chi connectivity index (χ3n) is 2.03. The van der Waals surface area contributed by atoms with Gasteiger partial charge in [-0.15, -0.1) is 17.5 Å². The fourth-order valence-electron chi connectivity index (χ4n) is 1.17. The standard InChI is InChI=1S/C14H14OSi/c1-4-11-16(5-2)12-10-13-6-8-14(15-3)9-7-13/h2,4,6-9,11,16H,1,3H3. The van der Waals surface area contributed by atoms with Crippen molar-refractivity contribution in [3.8, 4) is 29.2 Å². The van der Waals surface area contributed by atoms with Crippen molar-refractivity contribution in [3.05, 3.63) is 41.6 Å². The normalized spacial score (nSPS) is 11.3. The van der Waals surface area contributed by atoms with Crippen molar-refractivity contribution in [2.75, 3.05) is 7.11 Å². The van der Waals surface area contributed by atoms with Gasteiger partial charge in [0.05, 0.1) is 7.11 Å². The number of terminal acetylenes is 1. The second-order valence-electron chi connectivity index (χ2n) is 3.17. The molecule has 1 aromatic carbocycles. The molecule has 80 valence electrons. The Morgan fingerprint density at radius 2 is 2.00 bits per heavy atom. The van der Waals surface area contributed by atoms with Crippen LogP contribution < -0.4 is 4.74 Å². The predicted molar refractivity (Wildman–Crippen MR) is 70.7 cm³/mol. The van der Waals surface area contributed by atoms with E-state index in [4.69, 9.17) is 11.2 Å². The minimum Gasteiger partial charge on any atom is -0.497 e. The van der Waals surface area contributed by atoms with E-state index in [0.29, 0.717) is 0 Å². The van der Waals surface area contributed by atoms with E-state index in [9.17, 15) is 0 Å². The van der Waals surface area contributed by atoms with Gasteiger partial charge in [-0.25, -0.2) is 0 Å². The monoisotopic (exact) mass is 226 g/mol. The van der Waals surface area contributed by atoms with Gasteiger partial charge in [-0.2, -0.15) is 0 Å². The van der Waals surface area contributed by atoms with Crippen LogP contribution in [0.3, 0.4) is 0 Å². The van der Waals surface area contributed by atoms with Crippen molar-refractivity contribution >= 4 is 8.80 Å². The maximum absolute atomic E-state index is 5.41. The summed E-state index contributed by atoms with van der Waals surface area (Å²) >= 11 is 0. The van der Waals surface area contributed by atoms with E-state index < -0.39 is 8.80 Å². The summed E-state index contributed by atoms with van der Waals surface area (Å²) in [6, 6.07) is 7.66. The lowest BCUT2D eigenvalue weighted by atomic mass is 10.2. The number of ether oxygens (including phenoxy) is 1. The van der Waals surface area contributed by atoms with Crippen LogP contribution in [0.25, 0.3) is 0 Å². The first-order valence-corrected chi connectivity index (χ1v) is 6.87. The molecule has 1 unspecified atom stereocenters. The van der Waals surface area contributed by atoms with E-state index >= 15 is 0 Å². The maximum Gasteiger partial charge on any atom is 0.224 e. The topological polar surface area (TPSA) is 9.23 Å². The highest BCUT2D eigenvalue weighted by atomic mass is 28.3. The zero-order chi connectivity index (χ0) is 11.8. The molecule has 0 bridgehead atoms. The maximum atomic E-state index is 5.41. The highest BCUT2D eigenvalue weighted by molar-refractivity contribution is 6.79. The molecule has 0 aliphatic heterocycles. The molecular formula is C14H14OSi. The Morgan fingerprint density at radius 3 is 2.50 bits per heavy atom. The van der Waals surface area contributed by atoms with Crippen molar-refractivity contribution < 1.29 is 4.74 Å². The highest BCUT2D eigenvalue weighted by Crippen LogP contribution is 2.10. The van der Waals surface area contributed by atoms with Gasteiger partial charge in [-0.3, -0.25) is 0 Å². The largest absolute Gasteiger partial charge is 0.497 e. The van der Waals surface area contributed by atoms with Gasteiger partial charge in [0, 0.05) is 5.56 Å².